The number of hydrogen-bond donors (Lipinski definition) is 0. The molecule has 0 atom stereocenters. The largest absolute Gasteiger partial charge is 0.580 e. The highest BCUT2D eigenvalue weighted by Gasteiger charge is 2.57. The van der Waals surface area contributed by atoms with Gasteiger partial charge in [-0.1, -0.05) is 53.1 Å². The van der Waals surface area contributed by atoms with Crippen LogP contribution >= 0.6 is 0 Å². The molecule has 0 N–H and O–H groups in total. The fraction of sp³-hybridized carbons (Fsp3) is 0.143. The monoisotopic (exact) mass is 476 g/mol. The second kappa shape index (κ2) is 8.25. The lowest BCUT2D eigenvalue weighted by atomic mass is 10.2. The first kappa shape index (κ1) is 23.2. The highest BCUT2D eigenvalue weighted by Crippen LogP contribution is 2.30. The number of benzene rings is 3. The number of aryl methyl sites for hydroxylation is 3. The molecule has 0 saturated carbocycles. The summed E-state index contributed by atoms with van der Waals surface area (Å²) in [7, 11) is -14.5. The molecule has 0 radical (unpaired) electrons. The maximum absolute atomic E-state index is 13.5. The van der Waals surface area contributed by atoms with Crippen LogP contribution in [-0.4, -0.2) is 29.8 Å². The summed E-state index contributed by atoms with van der Waals surface area (Å²) in [5, 5.41) is 0. The highest BCUT2D eigenvalue weighted by molar-refractivity contribution is 8.69. The van der Waals surface area contributed by atoms with Crippen LogP contribution < -0.4 is 0 Å². The Hall–Kier alpha value is -2.43. The molecule has 0 spiro atoms. The standard InChI is InChI=1S/C21H21BO6S3/c1-16-4-10-19(11-5-16)29(23,24)22(30(25,26)20-12-6-17(2)7-13-20)31(27,28)21-14-8-18(3)9-15-21/h4-15H,1-3H3. The van der Waals surface area contributed by atoms with Crippen LogP contribution in [0.5, 0.6) is 0 Å². The second-order valence-corrected chi connectivity index (χ2v) is 14.4. The third kappa shape index (κ3) is 4.46. The van der Waals surface area contributed by atoms with Crippen LogP contribution in [-0.2, 0) is 29.1 Å². The predicted octanol–water partition coefficient (Wildman–Crippen LogP) is 3.32. The topological polar surface area (TPSA) is 102 Å². The average molecular weight is 476 g/mol. The molecule has 31 heavy (non-hydrogen) atoms. The normalized spacial score (nSPS) is 12.5. The lowest BCUT2D eigenvalue weighted by molar-refractivity contribution is 0.601. The molecule has 3 rings (SSSR count). The van der Waals surface area contributed by atoms with Crippen molar-refractivity contribution in [2.24, 2.45) is 0 Å². The lowest BCUT2D eigenvalue weighted by Gasteiger charge is -2.16. The van der Waals surface area contributed by atoms with Crippen molar-refractivity contribution in [3.63, 3.8) is 0 Å². The molecule has 0 aliphatic carbocycles. The Morgan fingerprint density at radius 2 is 0.613 bits per heavy atom. The zero-order valence-electron chi connectivity index (χ0n) is 17.2. The van der Waals surface area contributed by atoms with Gasteiger partial charge in [-0.05, 0) is 57.2 Å². The van der Waals surface area contributed by atoms with Crippen molar-refractivity contribution < 1.29 is 25.3 Å². The summed E-state index contributed by atoms with van der Waals surface area (Å²) in [6.45, 7) is 5.21. The van der Waals surface area contributed by atoms with Crippen LogP contribution in [0.2, 0.25) is 0 Å². The van der Waals surface area contributed by atoms with Crippen molar-refractivity contribution in [1.82, 2.24) is 0 Å². The molecule has 162 valence electrons. The van der Waals surface area contributed by atoms with Crippen molar-refractivity contribution in [2.45, 2.75) is 35.5 Å². The summed E-state index contributed by atoms with van der Waals surface area (Å²) < 4.78 is 78.0. The van der Waals surface area contributed by atoms with Crippen molar-refractivity contribution >= 4 is 33.6 Å². The summed E-state index contributed by atoms with van der Waals surface area (Å²) in [4.78, 5) is -1.14. The maximum Gasteiger partial charge on any atom is 0.580 e. The van der Waals surface area contributed by atoms with E-state index in [1.165, 1.54) is 72.8 Å². The van der Waals surface area contributed by atoms with E-state index >= 15 is 0 Å². The van der Waals surface area contributed by atoms with Gasteiger partial charge < -0.3 is 0 Å². The van der Waals surface area contributed by atoms with E-state index in [-0.39, 0.29) is 14.7 Å². The van der Waals surface area contributed by atoms with E-state index < -0.39 is 33.6 Å². The Morgan fingerprint density at radius 3 is 0.806 bits per heavy atom. The number of rotatable bonds is 6. The molecule has 0 amide bonds. The molecule has 3 aromatic rings. The SMILES string of the molecule is Cc1ccc(S(=O)(=O)B(S(=O)(=O)c2ccc(C)cc2)S(=O)(=O)c2ccc(C)cc2)cc1. The van der Waals surface area contributed by atoms with E-state index in [1.807, 2.05) is 0 Å². The minimum Gasteiger partial charge on any atom is -0.233 e. The molecule has 10 heteroatoms. The van der Waals surface area contributed by atoms with Gasteiger partial charge in [-0.2, -0.15) is 0 Å². The van der Waals surface area contributed by atoms with Gasteiger partial charge in [-0.15, -0.1) is 0 Å². The Labute approximate surface area is 183 Å². The number of hydrogen-bond acceptors (Lipinski definition) is 6. The molecular weight excluding hydrogens is 455 g/mol. The minimum absolute atomic E-state index is 0.380. The van der Waals surface area contributed by atoms with E-state index in [4.69, 9.17) is 0 Å². The molecule has 0 heterocycles. The second-order valence-electron chi connectivity index (χ2n) is 7.36. The van der Waals surface area contributed by atoms with Gasteiger partial charge in [-0.25, -0.2) is 25.3 Å². The Morgan fingerprint density at radius 1 is 0.419 bits per heavy atom. The molecule has 0 unspecified atom stereocenters. The molecule has 0 saturated heterocycles. The van der Waals surface area contributed by atoms with E-state index in [2.05, 4.69) is 0 Å². The van der Waals surface area contributed by atoms with Crippen molar-refractivity contribution in [3.8, 4) is 0 Å². The Bertz CT molecular complexity index is 1230. The van der Waals surface area contributed by atoms with Crippen LogP contribution in [0.15, 0.2) is 87.5 Å². The third-order valence-corrected chi connectivity index (χ3v) is 13.7. The van der Waals surface area contributed by atoms with Crippen molar-refractivity contribution in [1.29, 1.82) is 0 Å². The third-order valence-electron chi connectivity index (χ3n) is 4.81. The molecule has 0 bridgehead atoms. The Kier molecular flexibility index (Phi) is 6.19. The molecule has 0 aliphatic rings. The highest BCUT2D eigenvalue weighted by atomic mass is 32.3. The fourth-order valence-electron chi connectivity index (χ4n) is 3.02. The van der Waals surface area contributed by atoms with Gasteiger partial charge in [0.2, 0.25) is 0 Å². The van der Waals surface area contributed by atoms with Crippen molar-refractivity contribution in [3.05, 3.63) is 89.5 Å². The van der Waals surface area contributed by atoms with Gasteiger partial charge in [0.05, 0.1) is 14.7 Å². The van der Waals surface area contributed by atoms with Crippen molar-refractivity contribution in [2.75, 3.05) is 0 Å². The molecule has 0 aliphatic heterocycles. The van der Waals surface area contributed by atoms with E-state index in [1.54, 1.807) is 20.8 Å². The molecular formula is C21H21BO6S3. The summed E-state index contributed by atoms with van der Waals surface area (Å²) >= 11 is 0. The van der Waals surface area contributed by atoms with Crippen LogP contribution in [0.4, 0.5) is 0 Å². The van der Waals surface area contributed by atoms with Gasteiger partial charge in [0, 0.05) is 0 Å². The van der Waals surface area contributed by atoms with Gasteiger partial charge in [-0.3, -0.25) is 0 Å². The fourth-order valence-corrected chi connectivity index (χ4v) is 11.2. The van der Waals surface area contributed by atoms with Gasteiger partial charge in [0.15, 0.2) is 29.1 Å². The first-order valence-corrected chi connectivity index (χ1v) is 13.9. The lowest BCUT2D eigenvalue weighted by Crippen LogP contribution is -2.43. The van der Waals surface area contributed by atoms with Crippen LogP contribution in [0, 0.1) is 20.8 Å². The van der Waals surface area contributed by atoms with Crippen LogP contribution in [0.3, 0.4) is 0 Å². The first-order chi connectivity index (χ1) is 14.4. The summed E-state index contributed by atoms with van der Waals surface area (Å²) in [5.74, 6) is 0. The maximum atomic E-state index is 13.5. The van der Waals surface area contributed by atoms with E-state index in [0.717, 1.165) is 16.7 Å². The van der Waals surface area contributed by atoms with E-state index in [0.29, 0.717) is 0 Å². The molecule has 0 fully saturated rings. The van der Waals surface area contributed by atoms with E-state index in [9.17, 15) is 25.3 Å². The Balaban J connectivity index is 2.32. The van der Waals surface area contributed by atoms with Gasteiger partial charge in [0.1, 0.15) is 0 Å². The van der Waals surface area contributed by atoms with Crippen LogP contribution in [0.25, 0.3) is 0 Å². The summed E-state index contributed by atoms with van der Waals surface area (Å²) in [6.07, 6.45) is 0. The summed E-state index contributed by atoms with van der Waals surface area (Å²) in [5.41, 5.74) is 2.25. The quantitative estimate of drug-likeness (QED) is 0.506. The van der Waals surface area contributed by atoms with Gasteiger partial charge >= 0.3 is 4.55 Å². The van der Waals surface area contributed by atoms with Gasteiger partial charge in [0.25, 0.3) is 0 Å². The molecule has 3 aromatic carbocycles. The minimum atomic E-state index is -4.83. The zero-order valence-corrected chi connectivity index (χ0v) is 19.6. The average Bonchev–Trinajstić information content (AvgIpc) is 2.68. The molecule has 0 aromatic heterocycles. The van der Waals surface area contributed by atoms with Crippen LogP contribution in [0.1, 0.15) is 16.7 Å². The smallest absolute Gasteiger partial charge is 0.233 e. The summed E-state index contributed by atoms with van der Waals surface area (Å²) in [6, 6.07) is 16.2. The predicted molar refractivity (Wildman–Crippen MR) is 121 cm³/mol. The zero-order chi connectivity index (χ0) is 23.0. The molecule has 6 nitrogen and oxygen atoms in total. The first-order valence-electron chi connectivity index (χ1n) is 9.28.